The molecule has 1 atom stereocenters. The Kier molecular flexibility index (Phi) is 10.8. The summed E-state index contributed by atoms with van der Waals surface area (Å²) in [4.78, 5) is 15.9. The molecule has 25 heavy (non-hydrogen) atoms. The van der Waals surface area contributed by atoms with Crippen molar-refractivity contribution in [2.45, 2.75) is 40.2 Å². The monoisotopic (exact) mass is 466 g/mol. The van der Waals surface area contributed by atoms with Crippen molar-refractivity contribution in [2.24, 2.45) is 10.9 Å². The van der Waals surface area contributed by atoms with E-state index in [9.17, 15) is 9.90 Å². The second-order valence-electron chi connectivity index (χ2n) is 6.25. The van der Waals surface area contributed by atoms with E-state index in [0.29, 0.717) is 31.4 Å². The molecule has 0 aliphatic carbocycles. The zero-order valence-electron chi connectivity index (χ0n) is 15.7. The summed E-state index contributed by atoms with van der Waals surface area (Å²) in [5.74, 6) is 1.82. The van der Waals surface area contributed by atoms with E-state index < -0.39 is 5.60 Å². The summed E-state index contributed by atoms with van der Waals surface area (Å²) in [6.45, 7) is 11.1. The fraction of sp³-hybridized carbons (Fsp3) is 0.647. The molecule has 0 saturated carbocycles. The minimum absolute atomic E-state index is 0. The first-order valence-corrected chi connectivity index (χ1v) is 8.35. The minimum atomic E-state index is -1.18. The number of nitrogens with one attached hydrogen (secondary N) is 3. The lowest BCUT2D eigenvalue weighted by molar-refractivity contribution is -0.123. The minimum Gasteiger partial charge on any atom is -0.463 e. The van der Waals surface area contributed by atoms with Gasteiger partial charge in [-0.05, 0) is 32.9 Å². The fourth-order valence-corrected chi connectivity index (χ4v) is 1.95. The van der Waals surface area contributed by atoms with Gasteiger partial charge in [0.2, 0.25) is 5.91 Å². The summed E-state index contributed by atoms with van der Waals surface area (Å²) < 4.78 is 5.48. The molecule has 0 aliphatic heterocycles. The van der Waals surface area contributed by atoms with Gasteiger partial charge in [0.1, 0.15) is 17.1 Å². The first-order valence-electron chi connectivity index (χ1n) is 8.35. The maximum Gasteiger partial charge on any atom is 0.222 e. The van der Waals surface area contributed by atoms with E-state index in [2.05, 4.69) is 20.9 Å². The van der Waals surface area contributed by atoms with Crippen molar-refractivity contribution in [2.75, 3.05) is 26.2 Å². The van der Waals surface area contributed by atoms with Crippen LogP contribution in [0.4, 0.5) is 0 Å². The first kappa shape index (κ1) is 23.7. The van der Waals surface area contributed by atoms with Crippen LogP contribution in [0.5, 0.6) is 0 Å². The molecule has 0 radical (unpaired) electrons. The summed E-state index contributed by atoms with van der Waals surface area (Å²) in [7, 11) is 0. The third-order valence-corrected chi connectivity index (χ3v) is 3.40. The van der Waals surface area contributed by atoms with Gasteiger partial charge in [0.05, 0.1) is 6.54 Å². The van der Waals surface area contributed by atoms with Gasteiger partial charge in [-0.25, -0.2) is 4.99 Å². The van der Waals surface area contributed by atoms with E-state index in [1.54, 1.807) is 13.0 Å². The van der Waals surface area contributed by atoms with Gasteiger partial charge in [-0.15, -0.1) is 24.0 Å². The molecule has 1 amide bonds. The Bertz CT molecular complexity index is 556. The second-order valence-corrected chi connectivity index (χ2v) is 6.25. The van der Waals surface area contributed by atoms with Crippen LogP contribution in [0.15, 0.2) is 21.5 Å². The molecular weight excluding hydrogens is 435 g/mol. The lowest BCUT2D eigenvalue weighted by atomic mass is 10.0. The number of aryl methyl sites for hydroxylation is 1. The maximum atomic E-state index is 11.5. The van der Waals surface area contributed by atoms with Crippen molar-refractivity contribution in [3.05, 3.63) is 23.7 Å². The van der Waals surface area contributed by atoms with Crippen LogP contribution in [-0.4, -0.2) is 43.2 Å². The molecule has 1 rings (SSSR count). The van der Waals surface area contributed by atoms with Gasteiger partial charge in [0.15, 0.2) is 5.96 Å². The van der Waals surface area contributed by atoms with Crippen molar-refractivity contribution in [3.63, 3.8) is 0 Å². The number of aliphatic imine (C=N–C) groups is 1. The lowest BCUT2D eigenvalue weighted by Crippen LogP contribution is -2.42. The normalized spacial score (nSPS) is 13.8. The molecule has 1 aromatic heterocycles. The summed E-state index contributed by atoms with van der Waals surface area (Å²) in [5.41, 5.74) is -1.18. The van der Waals surface area contributed by atoms with Crippen LogP contribution in [0.3, 0.4) is 0 Å². The van der Waals surface area contributed by atoms with Crippen LogP contribution in [0.1, 0.15) is 39.2 Å². The molecule has 4 N–H and O–H groups in total. The van der Waals surface area contributed by atoms with Crippen molar-refractivity contribution in [3.8, 4) is 0 Å². The van der Waals surface area contributed by atoms with Crippen molar-refractivity contribution < 1.29 is 14.3 Å². The van der Waals surface area contributed by atoms with Gasteiger partial charge in [-0.1, -0.05) is 13.8 Å². The highest BCUT2D eigenvalue weighted by atomic mass is 127. The standard InChI is InChI=1S/C17H30N4O3.HI/c1-6-18-16(20-10-9-19-15(22)12(2)3)21-11-17(5,23)14-8-7-13(4)24-14;/h7-8,12,23H,6,9-11H2,1-5H3,(H,19,22)(H2,18,20,21);1H. The molecule has 0 spiro atoms. The van der Waals surface area contributed by atoms with Crippen molar-refractivity contribution >= 4 is 35.8 Å². The topological polar surface area (TPSA) is 98.9 Å². The average Bonchev–Trinajstić information content (AvgIpc) is 2.96. The quantitative estimate of drug-likeness (QED) is 0.203. The molecule has 0 aromatic carbocycles. The predicted molar refractivity (Wildman–Crippen MR) is 110 cm³/mol. The molecule has 1 heterocycles. The van der Waals surface area contributed by atoms with E-state index >= 15 is 0 Å². The molecule has 0 saturated heterocycles. The average molecular weight is 466 g/mol. The van der Waals surface area contributed by atoms with E-state index in [0.717, 1.165) is 5.76 Å². The number of hydrogen-bond acceptors (Lipinski definition) is 4. The molecular formula is C17H31IN4O3. The van der Waals surface area contributed by atoms with Crippen molar-refractivity contribution in [1.29, 1.82) is 0 Å². The summed E-state index contributed by atoms with van der Waals surface area (Å²) in [6.07, 6.45) is 0. The molecule has 144 valence electrons. The number of guanidine groups is 1. The Labute approximate surface area is 167 Å². The zero-order valence-corrected chi connectivity index (χ0v) is 18.0. The summed E-state index contributed by atoms with van der Waals surface area (Å²) in [6, 6.07) is 3.57. The number of halogens is 1. The summed E-state index contributed by atoms with van der Waals surface area (Å²) in [5, 5.41) is 19.6. The largest absolute Gasteiger partial charge is 0.463 e. The number of nitrogens with zero attached hydrogens (tertiary/aromatic N) is 1. The molecule has 0 fully saturated rings. The van der Waals surface area contributed by atoms with Crippen LogP contribution in [0.25, 0.3) is 0 Å². The van der Waals surface area contributed by atoms with Crippen molar-refractivity contribution in [1.82, 2.24) is 16.0 Å². The van der Waals surface area contributed by atoms with E-state index in [-0.39, 0.29) is 42.3 Å². The third kappa shape index (κ3) is 8.57. The Morgan fingerprint density at radius 3 is 2.44 bits per heavy atom. The number of carbonyl (C=O) groups excluding carboxylic acids is 1. The maximum absolute atomic E-state index is 11.5. The van der Waals surface area contributed by atoms with Crippen LogP contribution in [-0.2, 0) is 10.4 Å². The SMILES string of the molecule is CCNC(=NCC(C)(O)c1ccc(C)o1)NCCNC(=O)C(C)C.I. The summed E-state index contributed by atoms with van der Waals surface area (Å²) >= 11 is 0. The zero-order chi connectivity index (χ0) is 18.2. The van der Waals surface area contributed by atoms with Crippen LogP contribution >= 0.6 is 24.0 Å². The Morgan fingerprint density at radius 2 is 1.92 bits per heavy atom. The fourth-order valence-electron chi connectivity index (χ4n) is 1.95. The van der Waals surface area contributed by atoms with Gasteiger partial charge in [-0.3, -0.25) is 4.79 Å². The number of aliphatic hydroxyl groups is 1. The number of hydrogen-bond donors (Lipinski definition) is 4. The predicted octanol–water partition coefficient (Wildman–Crippen LogP) is 1.74. The van der Waals surface area contributed by atoms with E-state index in [4.69, 9.17) is 4.42 Å². The number of furan rings is 1. The van der Waals surface area contributed by atoms with E-state index in [1.165, 1.54) is 0 Å². The highest BCUT2D eigenvalue weighted by Gasteiger charge is 2.26. The number of carbonyl (C=O) groups is 1. The molecule has 1 aromatic rings. The van der Waals surface area contributed by atoms with Crippen LogP contribution in [0, 0.1) is 12.8 Å². The Hall–Kier alpha value is -1.29. The van der Waals surface area contributed by atoms with Gasteiger partial charge in [-0.2, -0.15) is 0 Å². The third-order valence-electron chi connectivity index (χ3n) is 3.40. The Morgan fingerprint density at radius 1 is 1.28 bits per heavy atom. The smallest absolute Gasteiger partial charge is 0.222 e. The second kappa shape index (κ2) is 11.3. The molecule has 8 heteroatoms. The molecule has 0 aliphatic rings. The Balaban J connectivity index is 0.00000576. The highest BCUT2D eigenvalue weighted by Crippen LogP contribution is 2.22. The first-order chi connectivity index (χ1) is 11.3. The molecule has 7 nitrogen and oxygen atoms in total. The number of amides is 1. The molecule has 1 unspecified atom stereocenters. The van der Waals surface area contributed by atoms with E-state index in [1.807, 2.05) is 33.8 Å². The van der Waals surface area contributed by atoms with Crippen LogP contribution < -0.4 is 16.0 Å². The molecule has 0 bridgehead atoms. The van der Waals surface area contributed by atoms with Crippen LogP contribution in [0.2, 0.25) is 0 Å². The van der Waals surface area contributed by atoms with Gasteiger partial charge in [0.25, 0.3) is 0 Å². The van der Waals surface area contributed by atoms with Gasteiger partial charge in [0, 0.05) is 25.6 Å². The number of rotatable bonds is 8. The van der Waals surface area contributed by atoms with Gasteiger partial charge < -0.3 is 25.5 Å². The highest BCUT2D eigenvalue weighted by molar-refractivity contribution is 14.0. The van der Waals surface area contributed by atoms with Gasteiger partial charge >= 0.3 is 0 Å². The lowest BCUT2D eigenvalue weighted by Gasteiger charge is -2.19.